The molecule has 3 aromatic rings. The third-order valence-electron chi connectivity index (χ3n) is 5.54. The average molecular weight is 401 g/mol. The second-order valence-electron chi connectivity index (χ2n) is 7.39. The molecule has 4 nitrogen and oxygen atoms in total. The molecule has 2 heterocycles. The van der Waals surface area contributed by atoms with Crippen molar-refractivity contribution in [2.45, 2.75) is 18.3 Å². The van der Waals surface area contributed by atoms with Crippen molar-refractivity contribution in [1.82, 2.24) is 0 Å². The minimum atomic E-state index is -1.04. The van der Waals surface area contributed by atoms with Crippen molar-refractivity contribution >= 4 is 35.0 Å². The molecule has 1 fully saturated rings. The van der Waals surface area contributed by atoms with Crippen LogP contribution in [0.2, 0.25) is 0 Å². The van der Waals surface area contributed by atoms with Gasteiger partial charge in [-0.25, -0.2) is 0 Å². The van der Waals surface area contributed by atoms with Crippen molar-refractivity contribution in [2.75, 3.05) is 15.6 Å². The normalized spacial score (nSPS) is 20.6. The first kappa shape index (κ1) is 18.0. The number of anilines is 2. The average Bonchev–Trinajstić information content (AvgIpc) is 3.21. The van der Waals surface area contributed by atoms with E-state index in [4.69, 9.17) is 0 Å². The van der Waals surface area contributed by atoms with Crippen molar-refractivity contribution in [1.29, 1.82) is 0 Å². The van der Waals surface area contributed by atoms with E-state index >= 15 is 0 Å². The maximum atomic E-state index is 13.9. The summed E-state index contributed by atoms with van der Waals surface area (Å²) >= 11 is 1.42. The molecule has 3 aromatic carbocycles. The van der Waals surface area contributed by atoms with Gasteiger partial charge in [-0.15, -0.1) is 11.8 Å². The summed E-state index contributed by atoms with van der Waals surface area (Å²) in [5.74, 6) is 0.190. The van der Waals surface area contributed by atoms with E-state index in [9.17, 15) is 9.59 Å². The number of benzene rings is 3. The van der Waals surface area contributed by atoms with Gasteiger partial charge in [0.25, 0.3) is 5.91 Å². The monoisotopic (exact) mass is 400 g/mol. The zero-order valence-electron chi connectivity index (χ0n) is 16.0. The molecule has 0 N–H and O–H groups in total. The van der Waals surface area contributed by atoms with Gasteiger partial charge in [0.1, 0.15) is 0 Å². The number of nitrogens with zero attached hydrogens (tertiary/aromatic N) is 2. The molecule has 2 aliphatic heterocycles. The third-order valence-corrected chi connectivity index (χ3v) is 6.93. The summed E-state index contributed by atoms with van der Waals surface area (Å²) in [6.07, 6.45) is 0. The van der Waals surface area contributed by atoms with Crippen LogP contribution < -0.4 is 9.80 Å². The maximum Gasteiger partial charge on any atom is 0.269 e. The lowest BCUT2D eigenvalue weighted by Gasteiger charge is -2.33. The molecule has 29 heavy (non-hydrogen) atoms. The number of hydrogen-bond donors (Lipinski definition) is 0. The minimum absolute atomic E-state index is 0.0384. The zero-order valence-corrected chi connectivity index (χ0v) is 16.9. The molecule has 2 amide bonds. The number of hydrogen-bond acceptors (Lipinski definition) is 3. The molecule has 0 unspecified atom stereocenters. The van der Waals surface area contributed by atoms with Crippen LogP contribution in [0.3, 0.4) is 0 Å². The fourth-order valence-corrected chi connectivity index (χ4v) is 5.53. The fraction of sp³-hybridized carbons (Fsp3) is 0.167. The molecule has 0 saturated carbocycles. The third kappa shape index (κ3) is 2.69. The molecule has 1 saturated heterocycles. The van der Waals surface area contributed by atoms with Gasteiger partial charge >= 0.3 is 0 Å². The molecule has 0 aromatic heterocycles. The van der Waals surface area contributed by atoms with E-state index in [2.05, 4.69) is 0 Å². The number of aryl methyl sites for hydroxylation is 1. The quantitative estimate of drug-likeness (QED) is 0.651. The van der Waals surface area contributed by atoms with Crippen LogP contribution in [0, 0.1) is 6.92 Å². The topological polar surface area (TPSA) is 40.6 Å². The van der Waals surface area contributed by atoms with Crippen molar-refractivity contribution in [3.8, 4) is 0 Å². The highest BCUT2D eigenvalue weighted by molar-refractivity contribution is 8.02. The van der Waals surface area contributed by atoms with Crippen LogP contribution in [-0.4, -0.2) is 17.6 Å². The molecule has 0 aliphatic carbocycles. The molecule has 144 valence electrons. The van der Waals surface area contributed by atoms with E-state index in [1.54, 1.807) is 4.90 Å². The summed E-state index contributed by atoms with van der Waals surface area (Å²) in [6, 6.07) is 25.6. The van der Waals surface area contributed by atoms with Crippen LogP contribution in [0.25, 0.3) is 0 Å². The molecule has 0 radical (unpaired) electrons. The number of amides is 2. The number of rotatable bonds is 3. The van der Waals surface area contributed by atoms with Crippen molar-refractivity contribution < 1.29 is 9.59 Å². The van der Waals surface area contributed by atoms with Crippen LogP contribution in [0.1, 0.15) is 16.7 Å². The summed E-state index contributed by atoms with van der Waals surface area (Å²) in [5, 5.41) is 0. The van der Waals surface area contributed by atoms with Crippen LogP contribution in [0.5, 0.6) is 0 Å². The number of para-hydroxylation sites is 1. The van der Waals surface area contributed by atoms with Gasteiger partial charge in [-0.3, -0.25) is 14.5 Å². The Morgan fingerprint density at radius 3 is 2.34 bits per heavy atom. The van der Waals surface area contributed by atoms with Crippen molar-refractivity contribution in [2.24, 2.45) is 0 Å². The zero-order chi connectivity index (χ0) is 20.0. The van der Waals surface area contributed by atoms with Crippen LogP contribution in [-0.2, 0) is 21.0 Å². The van der Waals surface area contributed by atoms with E-state index < -0.39 is 4.87 Å². The van der Waals surface area contributed by atoms with Gasteiger partial charge in [-0.1, -0.05) is 66.2 Å². The Balaban J connectivity index is 1.65. The Bertz CT molecular complexity index is 1100. The van der Waals surface area contributed by atoms with Gasteiger partial charge in [0.15, 0.2) is 0 Å². The smallest absolute Gasteiger partial charge is 0.269 e. The fourth-order valence-electron chi connectivity index (χ4n) is 4.17. The standard InChI is InChI=1S/C24H20N2O2S/c1-17-11-13-19(14-12-17)26-22(27)16-29-24(26)20-9-5-6-10-21(20)25(23(24)28)15-18-7-3-2-4-8-18/h2-14H,15-16H2,1H3/t24-/m0/s1. The molecule has 1 spiro atoms. The number of fused-ring (bicyclic) bond motifs is 2. The van der Waals surface area contributed by atoms with Crippen molar-refractivity contribution in [3.05, 3.63) is 95.6 Å². The molecule has 5 rings (SSSR count). The second-order valence-corrected chi connectivity index (χ2v) is 8.56. The number of thioether (sulfide) groups is 1. The van der Waals surface area contributed by atoms with Crippen LogP contribution >= 0.6 is 11.8 Å². The predicted octanol–water partition coefficient (Wildman–Crippen LogP) is 4.47. The van der Waals surface area contributed by atoms with Gasteiger partial charge in [0, 0.05) is 11.3 Å². The van der Waals surface area contributed by atoms with Gasteiger partial charge < -0.3 is 4.90 Å². The molecule has 1 atom stereocenters. The van der Waals surface area contributed by atoms with E-state index in [1.807, 2.05) is 90.7 Å². The number of carbonyl (C=O) groups is 2. The summed E-state index contributed by atoms with van der Waals surface area (Å²) in [4.78, 5) is 29.3. The number of carbonyl (C=O) groups excluding carboxylic acids is 2. The second kappa shape index (κ2) is 6.78. The van der Waals surface area contributed by atoms with Gasteiger partial charge in [0.05, 0.1) is 18.0 Å². The first-order valence-electron chi connectivity index (χ1n) is 9.60. The van der Waals surface area contributed by atoms with E-state index in [0.29, 0.717) is 6.54 Å². The Labute approximate surface area is 174 Å². The summed E-state index contributed by atoms with van der Waals surface area (Å²) in [6.45, 7) is 2.49. The van der Waals surface area contributed by atoms with E-state index in [1.165, 1.54) is 11.8 Å². The summed E-state index contributed by atoms with van der Waals surface area (Å²) < 4.78 is 0. The lowest BCUT2D eigenvalue weighted by molar-refractivity contribution is -0.123. The predicted molar refractivity (Wildman–Crippen MR) is 117 cm³/mol. The minimum Gasteiger partial charge on any atom is -0.304 e. The molecular weight excluding hydrogens is 380 g/mol. The largest absolute Gasteiger partial charge is 0.304 e. The highest BCUT2D eigenvalue weighted by atomic mass is 32.2. The highest BCUT2D eigenvalue weighted by Gasteiger charge is 2.60. The summed E-state index contributed by atoms with van der Waals surface area (Å²) in [5.41, 5.74) is 4.70. The first-order chi connectivity index (χ1) is 14.1. The first-order valence-corrected chi connectivity index (χ1v) is 10.6. The van der Waals surface area contributed by atoms with E-state index in [0.717, 1.165) is 28.1 Å². The Morgan fingerprint density at radius 1 is 0.897 bits per heavy atom. The van der Waals surface area contributed by atoms with Crippen LogP contribution in [0.15, 0.2) is 78.9 Å². The highest BCUT2D eigenvalue weighted by Crippen LogP contribution is 2.55. The maximum absolute atomic E-state index is 13.9. The lowest BCUT2D eigenvalue weighted by Crippen LogP contribution is -2.49. The summed E-state index contributed by atoms with van der Waals surface area (Å²) in [7, 11) is 0. The SMILES string of the molecule is Cc1ccc(N2C(=O)CS[C@@]23C(=O)N(Cc2ccccc2)c2ccccc23)cc1. The van der Waals surface area contributed by atoms with Gasteiger partial charge in [-0.05, 0) is 30.7 Å². The van der Waals surface area contributed by atoms with E-state index in [-0.39, 0.29) is 17.6 Å². The van der Waals surface area contributed by atoms with Crippen molar-refractivity contribution in [3.63, 3.8) is 0 Å². The Kier molecular flexibility index (Phi) is 4.21. The Hall–Kier alpha value is -3.05. The molecule has 0 bridgehead atoms. The Morgan fingerprint density at radius 2 is 1.59 bits per heavy atom. The molecule has 2 aliphatic rings. The van der Waals surface area contributed by atoms with Gasteiger partial charge in [-0.2, -0.15) is 0 Å². The van der Waals surface area contributed by atoms with Gasteiger partial charge in [0.2, 0.25) is 10.8 Å². The van der Waals surface area contributed by atoms with Crippen LogP contribution in [0.4, 0.5) is 11.4 Å². The molecular formula is C24H20N2O2S. The lowest BCUT2D eigenvalue weighted by atomic mass is 10.0. The molecule has 5 heteroatoms.